The van der Waals surface area contributed by atoms with Crippen LogP contribution in [-0.4, -0.2) is 23.3 Å². The van der Waals surface area contributed by atoms with Crippen LogP contribution in [0.2, 0.25) is 0 Å². The Morgan fingerprint density at radius 2 is 1.92 bits per heavy atom. The molecule has 2 nitrogen and oxygen atoms in total. The number of β-amino-alcohol motifs (C(OH)–C–C–N with tert-alkyl or cyclic N) is 1. The monoisotopic (exact) mass is 185 g/mol. The van der Waals surface area contributed by atoms with Gasteiger partial charge in [-0.15, -0.1) is 0 Å². The van der Waals surface area contributed by atoms with Crippen molar-refractivity contribution in [2.24, 2.45) is 0 Å². The minimum absolute atomic E-state index is 0.168. The summed E-state index contributed by atoms with van der Waals surface area (Å²) >= 11 is 0. The van der Waals surface area contributed by atoms with Crippen molar-refractivity contribution in [3.63, 3.8) is 0 Å². The van der Waals surface area contributed by atoms with Crippen LogP contribution in [0, 0.1) is 0 Å². The minimum Gasteiger partial charge on any atom is -0.392 e. The summed E-state index contributed by atoms with van der Waals surface area (Å²) in [7, 11) is 0. The minimum atomic E-state index is -0.168. The lowest BCUT2D eigenvalue weighted by molar-refractivity contribution is 0.141. The normalized spacial score (nSPS) is 24.2. The summed E-state index contributed by atoms with van der Waals surface area (Å²) in [5.41, 5.74) is 0.300. The molecule has 0 aromatic rings. The largest absolute Gasteiger partial charge is 0.392 e. The first kappa shape index (κ1) is 11.0. The molecule has 78 valence electrons. The molecule has 1 saturated carbocycles. The molecule has 1 rings (SSSR count). The van der Waals surface area contributed by atoms with Crippen LogP contribution in [-0.2, 0) is 0 Å². The fourth-order valence-corrected chi connectivity index (χ4v) is 2.02. The number of hydrogen-bond donors (Lipinski definition) is 2. The van der Waals surface area contributed by atoms with Gasteiger partial charge in [0.2, 0.25) is 0 Å². The van der Waals surface area contributed by atoms with Crippen LogP contribution in [0.1, 0.15) is 52.4 Å². The van der Waals surface area contributed by atoms with Gasteiger partial charge in [0.1, 0.15) is 0 Å². The molecule has 0 amide bonds. The second-order valence-electron chi connectivity index (χ2n) is 4.56. The SMILES string of the molecule is CCC(O)CNC1(C)CCCCC1. The molecule has 2 N–H and O–H groups in total. The van der Waals surface area contributed by atoms with Crippen molar-refractivity contribution >= 4 is 0 Å². The van der Waals surface area contributed by atoms with E-state index in [-0.39, 0.29) is 6.10 Å². The van der Waals surface area contributed by atoms with Gasteiger partial charge in [-0.05, 0) is 26.2 Å². The molecule has 0 aromatic heterocycles. The highest BCUT2D eigenvalue weighted by molar-refractivity contribution is 4.86. The Hall–Kier alpha value is -0.0800. The van der Waals surface area contributed by atoms with E-state index in [9.17, 15) is 5.11 Å². The van der Waals surface area contributed by atoms with E-state index < -0.39 is 0 Å². The van der Waals surface area contributed by atoms with E-state index in [1.54, 1.807) is 0 Å². The molecule has 0 aliphatic heterocycles. The summed E-state index contributed by atoms with van der Waals surface area (Å²) in [5.74, 6) is 0. The van der Waals surface area contributed by atoms with Crippen molar-refractivity contribution in [1.29, 1.82) is 0 Å². The zero-order valence-corrected chi connectivity index (χ0v) is 8.97. The standard InChI is InChI=1S/C11H23NO/c1-3-10(13)9-12-11(2)7-5-4-6-8-11/h10,12-13H,3-9H2,1-2H3. The number of rotatable bonds is 4. The van der Waals surface area contributed by atoms with Gasteiger partial charge in [0.25, 0.3) is 0 Å². The number of aliphatic hydroxyl groups is 1. The third-order valence-corrected chi connectivity index (χ3v) is 3.19. The highest BCUT2D eigenvalue weighted by Crippen LogP contribution is 2.27. The summed E-state index contributed by atoms with van der Waals surface area (Å²) in [5, 5.41) is 12.9. The maximum Gasteiger partial charge on any atom is 0.0662 e. The van der Waals surface area contributed by atoms with Gasteiger partial charge in [0.15, 0.2) is 0 Å². The van der Waals surface area contributed by atoms with E-state index >= 15 is 0 Å². The Labute approximate surface area is 81.7 Å². The van der Waals surface area contributed by atoms with Crippen molar-refractivity contribution in [2.45, 2.75) is 64.0 Å². The molecule has 1 fully saturated rings. The quantitative estimate of drug-likeness (QED) is 0.702. The smallest absolute Gasteiger partial charge is 0.0662 e. The Morgan fingerprint density at radius 3 is 2.46 bits per heavy atom. The predicted molar refractivity (Wildman–Crippen MR) is 55.8 cm³/mol. The Morgan fingerprint density at radius 1 is 1.31 bits per heavy atom. The molecular weight excluding hydrogens is 162 g/mol. The summed E-state index contributed by atoms with van der Waals surface area (Å²) in [6, 6.07) is 0. The molecular formula is C11H23NO. The van der Waals surface area contributed by atoms with Crippen LogP contribution >= 0.6 is 0 Å². The molecule has 0 aromatic carbocycles. The Kier molecular flexibility index (Phi) is 4.20. The molecule has 1 aliphatic carbocycles. The second-order valence-corrected chi connectivity index (χ2v) is 4.56. The fourth-order valence-electron chi connectivity index (χ4n) is 2.02. The number of aliphatic hydroxyl groups excluding tert-OH is 1. The second kappa shape index (κ2) is 4.97. The first-order valence-electron chi connectivity index (χ1n) is 5.59. The first-order valence-corrected chi connectivity index (χ1v) is 5.59. The molecule has 0 bridgehead atoms. The summed E-state index contributed by atoms with van der Waals surface area (Å²) in [4.78, 5) is 0. The van der Waals surface area contributed by atoms with Gasteiger partial charge in [-0.3, -0.25) is 0 Å². The van der Waals surface area contributed by atoms with E-state index in [4.69, 9.17) is 0 Å². The average Bonchev–Trinajstić information content (AvgIpc) is 2.15. The lowest BCUT2D eigenvalue weighted by Crippen LogP contribution is -2.46. The molecule has 0 saturated heterocycles. The van der Waals surface area contributed by atoms with Gasteiger partial charge >= 0.3 is 0 Å². The van der Waals surface area contributed by atoms with E-state index in [2.05, 4.69) is 12.2 Å². The Balaban J connectivity index is 2.24. The van der Waals surface area contributed by atoms with Gasteiger partial charge in [0.05, 0.1) is 6.10 Å². The van der Waals surface area contributed by atoms with E-state index in [1.165, 1.54) is 32.1 Å². The zero-order valence-electron chi connectivity index (χ0n) is 8.97. The molecule has 0 heterocycles. The van der Waals surface area contributed by atoms with E-state index in [1.807, 2.05) is 6.92 Å². The van der Waals surface area contributed by atoms with Crippen molar-refractivity contribution in [2.75, 3.05) is 6.54 Å². The van der Waals surface area contributed by atoms with Crippen LogP contribution < -0.4 is 5.32 Å². The van der Waals surface area contributed by atoms with Crippen LogP contribution in [0.5, 0.6) is 0 Å². The summed E-state index contributed by atoms with van der Waals surface area (Å²) < 4.78 is 0. The summed E-state index contributed by atoms with van der Waals surface area (Å²) in [6.07, 6.45) is 7.28. The third kappa shape index (κ3) is 3.65. The molecule has 13 heavy (non-hydrogen) atoms. The van der Waals surface area contributed by atoms with Gasteiger partial charge in [-0.1, -0.05) is 26.2 Å². The van der Waals surface area contributed by atoms with Crippen LogP contribution in [0.3, 0.4) is 0 Å². The van der Waals surface area contributed by atoms with Gasteiger partial charge in [-0.2, -0.15) is 0 Å². The van der Waals surface area contributed by atoms with E-state index in [0.29, 0.717) is 5.54 Å². The topological polar surface area (TPSA) is 32.3 Å². The molecule has 1 unspecified atom stereocenters. The fraction of sp³-hybridized carbons (Fsp3) is 1.00. The maximum atomic E-state index is 9.44. The van der Waals surface area contributed by atoms with Crippen molar-refractivity contribution < 1.29 is 5.11 Å². The van der Waals surface area contributed by atoms with E-state index in [0.717, 1.165) is 13.0 Å². The van der Waals surface area contributed by atoms with Gasteiger partial charge in [-0.25, -0.2) is 0 Å². The first-order chi connectivity index (χ1) is 6.16. The zero-order chi connectivity index (χ0) is 9.73. The number of nitrogens with one attached hydrogen (secondary N) is 1. The van der Waals surface area contributed by atoms with Crippen LogP contribution in [0.15, 0.2) is 0 Å². The number of hydrogen-bond acceptors (Lipinski definition) is 2. The van der Waals surface area contributed by atoms with Crippen molar-refractivity contribution in [3.05, 3.63) is 0 Å². The third-order valence-electron chi connectivity index (χ3n) is 3.19. The highest BCUT2D eigenvalue weighted by Gasteiger charge is 2.26. The Bertz CT molecular complexity index is 141. The average molecular weight is 185 g/mol. The van der Waals surface area contributed by atoms with Gasteiger partial charge < -0.3 is 10.4 Å². The van der Waals surface area contributed by atoms with Gasteiger partial charge in [0, 0.05) is 12.1 Å². The van der Waals surface area contributed by atoms with Crippen molar-refractivity contribution in [3.8, 4) is 0 Å². The highest BCUT2D eigenvalue weighted by atomic mass is 16.3. The van der Waals surface area contributed by atoms with Crippen LogP contribution in [0.25, 0.3) is 0 Å². The molecule has 0 spiro atoms. The molecule has 1 aliphatic rings. The maximum absolute atomic E-state index is 9.44. The lowest BCUT2D eigenvalue weighted by Gasteiger charge is -2.35. The predicted octanol–water partition coefficient (Wildman–Crippen LogP) is 2.07. The van der Waals surface area contributed by atoms with Crippen molar-refractivity contribution in [1.82, 2.24) is 5.32 Å². The molecule has 0 radical (unpaired) electrons. The molecule has 1 atom stereocenters. The summed E-state index contributed by atoms with van der Waals surface area (Å²) in [6.45, 7) is 5.07. The molecule has 2 heteroatoms. The lowest BCUT2D eigenvalue weighted by atomic mass is 9.83. The van der Waals surface area contributed by atoms with Crippen LogP contribution in [0.4, 0.5) is 0 Å².